The van der Waals surface area contributed by atoms with Crippen LogP contribution < -0.4 is 5.32 Å². The molecular formula is C14H19NO3S. The predicted octanol–water partition coefficient (Wildman–Crippen LogP) is 1.55. The second-order valence-corrected chi connectivity index (χ2v) is 7.41. The minimum Gasteiger partial charge on any atom is -0.352 e. The second-order valence-electron chi connectivity index (χ2n) is 5.18. The van der Waals surface area contributed by atoms with E-state index in [1.165, 1.54) is 0 Å². The third kappa shape index (κ3) is 4.06. The van der Waals surface area contributed by atoms with Gasteiger partial charge in [0, 0.05) is 12.1 Å². The SMILES string of the molecule is Cc1cccc(C(=O)NCCC2CCS(=O)(=O)C2)c1. The molecule has 1 N–H and O–H groups in total. The van der Waals surface area contributed by atoms with Gasteiger partial charge in [0.1, 0.15) is 0 Å². The molecule has 1 fully saturated rings. The highest BCUT2D eigenvalue weighted by molar-refractivity contribution is 7.91. The summed E-state index contributed by atoms with van der Waals surface area (Å²) in [7, 11) is -2.82. The lowest BCUT2D eigenvalue weighted by Gasteiger charge is -2.09. The Bertz CT molecular complexity index is 566. The van der Waals surface area contributed by atoms with Crippen LogP contribution in [0.3, 0.4) is 0 Å². The van der Waals surface area contributed by atoms with Gasteiger partial charge in [-0.3, -0.25) is 4.79 Å². The Morgan fingerprint density at radius 2 is 2.21 bits per heavy atom. The highest BCUT2D eigenvalue weighted by Gasteiger charge is 2.27. The number of carbonyl (C=O) groups excluding carboxylic acids is 1. The van der Waals surface area contributed by atoms with Crippen molar-refractivity contribution in [2.24, 2.45) is 5.92 Å². The molecule has 0 radical (unpaired) electrons. The van der Waals surface area contributed by atoms with E-state index in [1.807, 2.05) is 25.1 Å². The molecule has 1 heterocycles. The zero-order chi connectivity index (χ0) is 13.9. The fourth-order valence-corrected chi connectivity index (χ4v) is 4.29. The number of nitrogens with one attached hydrogen (secondary N) is 1. The summed E-state index contributed by atoms with van der Waals surface area (Å²) < 4.78 is 22.6. The van der Waals surface area contributed by atoms with Crippen LogP contribution in [0.5, 0.6) is 0 Å². The lowest BCUT2D eigenvalue weighted by molar-refractivity contribution is 0.0951. The third-order valence-electron chi connectivity index (χ3n) is 3.45. The van der Waals surface area contributed by atoms with Crippen molar-refractivity contribution < 1.29 is 13.2 Å². The fraction of sp³-hybridized carbons (Fsp3) is 0.500. The van der Waals surface area contributed by atoms with Crippen molar-refractivity contribution in [1.82, 2.24) is 5.32 Å². The van der Waals surface area contributed by atoms with E-state index >= 15 is 0 Å². The van der Waals surface area contributed by atoms with Crippen molar-refractivity contribution in [2.45, 2.75) is 19.8 Å². The predicted molar refractivity (Wildman–Crippen MR) is 74.9 cm³/mol. The smallest absolute Gasteiger partial charge is 0.251 e. The molecule has 1 unspecified atom stereocenters. The summed E-state index contributed by atoms with van der Waals surface area (Å²) in [4.78, 5) is 11.9. The molecular weight excluding hydrogens is 262 g/mol. The molecule has 0 aromatic heterocycles. The Morgan fingerprint density at radius 1 is 1.42 bits per heavy atom. The summed E-state index contributed by atoms with van der Waals surface area (Å²) in [6.07, 6.45) is 1.46. The van der Waals surface area contributed by atoms with Crippen LogP contribution in [0.2, 0.25) is 0 Å². The van der Waals surface area contributed by atoms with E-state index in [9.17, 15) is 13.2 Å². The van der Waals surface area contributed by atoms with Crippen LogP contribution >= 0.6 is 0 Å². The van der Waals surface area contributed by atoms with Gasteiger partial charge in [0.25, 0.3) is 5.91 Å². The maximum atomic E-state index is 11.9. The van der Waals surface area contributed by atoms with E-state index in [4.69, 9.17) is 0 Å². The molecule has 0 bridgehead atoms. The Kier molecular flexibility index (Phi) is 4.24. The summed E-state index contributed by atoms with van der Waals surface area (Å²) in [6.45, 7) is 2.48. The number of aryl methyl sites for hydroxylation is 1. The van der Waals surface area contributed by atoms with Crippen molar-refractivity contribution in [3.05, 3.63) is 35.4 Å². The number of hydrogen-bond acceptors (Lipinski definition) is 3. The molecule has 1 aliphatic rings. The molecule has 1 saturated heterocycles. The monoisotopic (exact) mass is 281 g/mol. The number of sulfone groups is 1. The van der Waals surface area contributed by atoms with E-state index in [-0.39, 0.29) is 17.6 Å². The lowest BCUT2D eigenvalue weighted by Crippen LogP contribution is -2.26. The van der Waals surface area contributed by atoms with Gasteiger partial charge in [0.05, 0.1) is 11.5 Å². The van der Waals surface area contributed by atoms with E-state index in [0.717, 1.165) is 18.4 Å². The van der Waals surface area contributed by atoms with Crippen LogP contribution in [0.4, 0.5) is 0 Å². The Hall–Kier alpha value is -1.36. The van der Waals surface area contributed by atoms with Crippen molar-refractivity contribution >= 4 is 15.7 Å². The minimum atomic E-state index is -2.82. The molecule has 19 heavy (non-hydrogen) atoms. The Morgan fingerprint density at radius 3 is 2.84 bits per heavy atom. The highest BCUT2D eigenvalue weighted by Crippen LogP contribution is 2.20. The van der Waals surface area contributed by atoms with Crippen molar-refractivity contribution in [3.8, 4) is 0 Å². The maximum absolute atomic E-state index is 11.9. The number of rotatable bonds is 4. The molecule has 1 aromatic carbocycles. The first-order valence-electron chi connectivity index (χ1n) is 6.51. The quantitative estimate of drug-likeness (QED) is 0.910. The molecule has 1 amide bonds. The van der Waals surface area contributed by atoms with Crippen molar-refractivity contribution in [2.75, 3.05) is 18.1 Å². The zero-order valence-corrected chi connectivity index (χ0v) is 11.9. The molecule has 1 aromatic rings. The zero-order valence-electron chi connectivity index (χ0n) is 11.1. The topological polar surface area (TPSA) is 63.2 Å². The molecule has 2 rings (SSSR count). The maximum Gasteiger partial charge on any atom is 0.251 e. The van der Waals surface area contributed by atoms with Crippen LogP contribution in [-0.4, -0.2) is 32.4 Å². The van der Waals surface area contributed by atoms with Crippen LogP contribution in [0, 0.1) is 12.8 Å². The molecule has 0 aliphatic carbocycles. The molecule has 0 spiro atoms. The molecule has 1 aliphatic heterocycles. The van der Waals surface area contributed by atoms with Gasteiger partial charge in [-0.05, 0) is 37.8 Å². The third-order valence-corrected chi connectivity index (χ3v) is 5.28. The van der Waals surface area contributed by atoms with Crippen molar-refractivity contribution in [3.63, 3.8) is 0 Å². The summed E-state index contributed by atoms with van der Waals surface area (Å²) in [5.41, 5.74) is 1.70. The van der Waals surface area contributed by atoms with E-state index in [0.29, 0.717) is 17.9 Å². The minimum absolute atomic E-state index is 0.0930. The molecule has 4 nitrogen and oxygen atoms in total. The largest absolute Gasteiger partial charge is 0.352 e. The molecule has 5 heteroatoms. The van der Waals surface area contributed by atoms with Gasteiger partial charge < -0.3 is 5.32 Å². The standard InChI is InChI=1S/C14H19NO3S/c1-11-3-2-4-13(9-11)14(16)15-7-5-12-6-8-19(17,18)10-12/h2-4,9,12H,5-8,10H2,1H3,(H,15,16). The van der Waals surface area contributed by atoms with E-state index in [2.05, 4.69) is 5.32 Å². The van der Waals surface area contributed by atoms with E-state index < -0.39 is 9.84 Å². The molecule has 104 valence electrons. The van der Waals surface area contributed by atoms with Crippen LogP contribution in [0.25, 0.3) is 0 Å². The second kappa shape index (κ2) is 5.74. The fourth-order valence-electron chi connectivity index (χ4n) is 2.38. The number of carbonyl (C=O) groups is 1. The van der Waals surface area contributed by atoms with Gasteiger partial charge in [-0.25, -0.2) is 8.42 Å². The Labute approximate surface area is 114 Å². The van der Waals surface area contributed by atoms with Crippen LogP contribution in [0.15, 0.2) is 24.3 Å². The van der Waals surface area contributed by atoms with Gasteiger partial charge >= 0.3 is 0 Å². The molecule has 1 atom stereocenters. The normalized spacial score (nSPS) is 21.2. The Balaban J connectivity index is 1.79. The van der Waals surface area contributed by atoms with Gasteiger partial charge in [0.15, 0.2) is 9.84 Å². The lowest BCUT2D eigenvalue weighted by atomic mass is 10.1. The number of amides is 1. The van der Waals surface area contributed by atoms with Crippen LogP contribution in [-0.2, 0) is 9.84 Å². The van der Waals surface area contributed by atoms with Crippen molar-refractivity contribution in [1.29, 1.82) is 0 Å². The first-order chi connectivity index (χ1) is 8.96. The summed E-state index contributed by atoms with van der Waals surface area (Å²) in [5, 5.41) is 2.85. The average Bonchev–Trinajstić information content (AvgIpc) is 2.69. The number of benzene rings is 1. The van der Waals surface area contributed by atoms with Gasteiger partial charge in [-0.1, -0.05) is 17.7 Å². The van der Waals surface area contributed by atoms with E-state index in [1.54, 1.807) is 6.07 Å². The average molecular weight is 281 g/mol. The van der Waals surface area contributed by atoms with Crippen LogP contribution in [0.1, 0.15) is 28.8 Å². The first-order valence-corrected chi connectivity index (χ1v) is 8.34. The van der Waals surface area contributed by atoms with Gasteiger partial charge in [0.2, 0.25) is 0 Å². The first kappa shape index (κ1) is 14.1. The number of hydrogen-bond donors (Lipinski definition) is 1. The summed E-state index contributed by atoms with van der Waals surface area (Å²) in [5.74, 6) is 0.670. The molecule has 0 saturated carbocycles. The summed E-state index contributed by atoms with van der Waals surface area (Å²) in [6, 6.07) is 7.42. The summed E-state index contributed by atoms with van der Waals surface area (Å²) >= 11 is 0. The van der Waals surface area contributed by atoms with Gasteiger partial charge in [-0.2, -0.15) is 0 Å². The van der Waals surface area contributed by atoms with Gasteiger partial charge in [-0.15, -0.1) is 0 Å². The highest BCUT2D eigenvalue weighted by atomic mass is 32.2.